The predicted octanol–water partition coefficient (Wildman–Crippen LogP) is 2.63. The predicted molar refractivity (Wildman–Crippen MR) is 89.4 cm³/mol. The van der Waals surface area contributed by atoms with Crippen molar-refractivity contribution in [3.63, 3.8) is 0 Å². The SMILES string of the molecule is Cc1ccc([N+](=O)[O-])cc1S(=O)(=O)NCC(O)(c1ccccc1)C(F)(F)F. The summed E-state index contributed by atoms with van der Waals surface area (Å²) in [6.07, 6.45) is -5.17. The Bertz CT molecular complexity index is 948. The van der Waals surface area contributed by atoms with Crippen LogP contribution in [-0.4, -0.2) is 31.2 Å². The van der Waals surface area contributed by atoms with Crippen LogP contribution in [0.5, 0.6) is 0 Å². The molecule has 11 heteroatoms. The average Bonchev–Trinajstić information content (AvgIpc) is 2.59. The first-order valence-electron chi connectivity index (χ1n) is 7.48. The molecule has 2 aromatic carbocycles. The summed E-state index contributed by atoms with van der Waals surface area (Å²) < 4.78 is 66.9. The van der Waals surface area contributed by atoms with Gasteiger partial charge in [0, 0.05) is 12.1 Å². The highest BCUT2D eigenvalue weighted by molar-refractivity contribution is 7.89. The third-order valence-corrected chi connectivity index (χ3v) is 5.45. The minimum absolute atomic E-state index is 0.100. The number of nitro benzene ring substituents is 1. The first kappa shape index (κ1) is 20.8. The second-order valence-electron chi connectivity index (χ2n) is 5.76. The fraction of sp³-hybridized carbons (Fsp3) is 0.250. The van der Waals surface area contributed by atoms with E-state index in [0.717, 1.165) is 24.3 Å². The summed E-state index contributed by atoms with van der Waals surface area (Å²) in [4.78, 5) is 9.45. The quantitative estimate of drug-likeness (QED) is 0.568. The normalized spacial score (nSPS) is 14.6. The monoisotopic (exact) mass is 404 g/mol. The number of rotatable bonds is 6. The van der Waals surface area contributed by atoms with Crippen molar-refractivity contribution in [1.82, 2.24) is 4.72 Å². The minimum Gasteiger partial charge on any atom is -0.375 e. The lowest BCUT2D eigenvalue weighted by atomic mass is 9.93. The van der Waals surface area contributed by atoms with Gasteiger partial charge in [-0.15, -0.1) is 0 Å². The molecule has 0 bridgehead atoms. The molecule has 0 saturated carbocycles. The number of aliphatic hydroxyl groups is 1. The van der Waals surface area contributed by atoms with Crippen molar-refractivity contribution in [3.05, 3.63) is 69.8 Å². The highest BCUT2D eigenvalue weighted by atomic mass is 32.2. The highest BCUT2D eigenvalue weighted by Crippen LogP contribution is 2.38. The van der Waals surface area contributed by atoms with Gasteiger partial charge in [0.25, 0.3) is 5.69 Å². The maximum absolute atomic E-state index is 13.4. The van der Waals surface area contributed by atoms with Gasteiger partial charge in [0.15, 0.2) is 5.60 Å². The molecule has 146 valence electrons. The van der Waals surface area contributed by atoms with Crippen molar-refractivity contribution in [3.8, 4) is 0 Å². The van der Waals surface area contributed by atoms with E-state index in [2.05, 4.69) is 0 Å². The van der Waals surface area contributed by atoms with Crippen molar-refractivity contribution in [2.45, 2.75) is 23.6 Å². The molecule has 0 spiro atoms. The van der Waals surface area contributed by atoms with E-state index in [-0.39, 0.29) is 5.56 Å². The summed E-state index contributed by atoms with van der Waals surface area (Å²) in [5, 5.41) is 21.0. The number of alkyl halides is 3. The summed E-state index contributed by atoms with van der Waals surface area (Å²) in [5.41, 5.74) is -4.45. The largest absolute Gasteiger partial charge is 0.422 e. The van der Waals surface area contributed by atoms with E-state index in [1.165, 1.54) is 31.2 Å². The smallest absolute Gasteiger partial charge is 0.375 e. The van der Waals surface area contributed by atoms with E-state index >= 15 is 0 Å². The van der Waals surface area contributed by atoms with Crippen LogP contribution in [0.1, 0.15) is 11.1 Å². The van der Waals surface area contributed by atoms with E-state index in [4.69, 9.17) is 0 Å². The Morgan fingerprint density at radius 2 is 1.74 bits per heavy atom. The molecule has 0 aromatic heterocycles. The van der Waals surface area contributed by atoms with Crippen LogP contribution in [0.3, 0.4) is 0 Å². The Balaban J connectivity index is 2.40. The number of benzene rings is 2. The van der Waals surface area contributed by atoms with Gasteiger partial charge in [-0.25, -0.2) is 13.1 Å². The van der Waals surface area contributed by atoms with Crippen LogP contribution < -0.4 is 4.72 Å². The van der Waals surface area contributed by atoms with Gasteiger partial charge in [-0.3, -0.25) is 10.1 Å². The van der Waals surface area contributed by atoms with Gasteiger partial charge in [0.1, 0.15) is 0 Å². The second kappa shape index (κ2) is 7.25. The Morgan fingerprint density at radius 1 is 1.15 bits per heavy atom. The number of nitro groups is 1. The summed E-state index contributed by atoms with van der Waals surface area (Å²) in [6, 6.07) is 8.99. The van der Waals surface area contributed by atoms with Crippen LogP contribution in [0.4, 0.5) is 18.9 Å². The molecule has 0 radical (unpaired) electrons. The first-order valence-corrected chi connectivity index (χ1v) is 8.96. The fourth-order valence-electron chi connectivity index (χ4n) is 2.35. The number of aryl methyl sites for hydroxylation is 1. The second-order valence-corrected chi connectivity index (χ2v) is 7.49. The summed E-state index contributed by atoms with van der Waals surface area (Å²) in [7, 11) is -4.56. The molecule has 0 amide bonds. The molecule has 7 nitrogen and oxygen atoms in total. The first-order chi connectivity index (χ1) is 12.4. The fourth-order valence-corrected chi connectivity index (χ4v) is 3.67. The maximum Gasteiger partial charge on any atom is 0.422 e. The van der Waals surface area contributed by atoms with Gasteiger partial charge in [0.05, 0.1) is 16.4 Å². The van der Waals surface area contributed by atoms with Crippen molar-refractivity contribution in [1.29, 1.82) is 0 Å². The lowest BCUT2D eigenvalue weighted by Crippen LogP contribution is -2.51. The van der Waals surface area contributed by atoms with Gasteiger partial charge >= 0.3 is 6.18 Å². The third kappa shape index (κ3) is 4.26. The molecule has 0 heterocycles. The molecule has 1 unspecified atom stereocenters. The molecule has 1 atom stereocenters. The molecule has 0 aliphatic carbocycles. The van der Waals surface area contributed by atoms with E-state index in [1.807, 2.05) is 0 Å². The van der Waals surface area contributed by atoms with Gasteiger partial charge < -0.3 is 5.11 Å². The summed E-state index contributed by atoms with van der Waals surface area (Å²) in [6.45, 7) is -0.0591. The zero-order valence-corrected chi connectivity index (χ0v) is 14.7. The number of nitrogens with one attached hydrogen (secondary N) is 1. The average molecular weight is 404 g/mol. The molecular weight excluding hydrogens is 389 g/mol. The number of sulfonamides is 1. The molecular formula is C16H15F3N2O5S. The molecule has 2 N–H and O–H groups in total. The van der Waals surface area contributed by atoms with Crippen LogP contribution in [0.2, 0.25) is 0 Å². The molecule has 0 aliphatic heterocycles. The van der Waals surface area contributed by atoms with Crippen LogP contribution >= 0.6 is 0 Å². The van der Waals surface area contributed by atoms with E-state index in [9.17, 15) is 36.8 Å². The Labute approximate surface area is 152 Å². The van der Waals surface area contributed by atoms with Crippen molar-refractivity contribution in [2.24, 2.45) is 0 Å². The van der Waals surface area contributed by atoms with E-state index in [1.54, 1.807) is 4.72 Å². The van der Waals surface area contributed by atoms with Crippen LogP contribution in [-0.2, 0) is 15.6 Å². The van der Waals surface area contributed by atoms with Crippen LogP contribution in [0, 0.1) is 17.0 Å². The molecule has 2 rings (SSSR count). The van der Waals surface area contributed by atoms with Gasteiger partial charge in [0.2, 0.25) is 10.0 Å². The minimum atomic E-state index is -5.17. The highest BCUT2D eigenvalue weighted by Gasteiger charge is 2.55. The molecule has 0 fully saturated rings. The molecule has 0 aliphatic rings. The zero-order valence-electron chi connectivity index (χ0n) is 13.9. The topological polar surface area (TPSA) is 110 Å². The number of nitrogens with zero attached hydrogens (tertiary/aromatic N) is 1. The van der Waals surface area contributed by atoms with E-state index in [0.29, 0.717) is 0 Å². The molecule has 0 saturated heterocycles. The zero-order chi connectivity index (χ0) is 20.5. The summed E-state index contributed by atoms with van der Waals surface area (Å²) in [5.74, 6) is 0. The Hall–Kier alpha value is -2.50. The number of hydrogen-bond acceptors (Lipinski definition) is 5. The van der Waals surface area contributed by atoms with Crippen LogP contribution in [0.15, 0.2) is 53.4 Å². The van der Waals surface area contributed by atoms with Crippen molar-refractivity contribution < 1.29 is 31.6 Å². The standard InChI is InChI=1S/C16H15F3N2O5S/c1-11-7-8-13(21(23)24)9-14(11)27(25,26)20-10-15(22,16(17,18)19)12-5-3-2-4-6-12/h2-9,20,22H,10H2,1H3. The maximum atomic E-state index is 13.4. The number of halogens is 3. The summed E-state index contributed by atoms with van der Waals surface area (Å²) >= 11 is 0. The van der Waals surface area contributed by atoms with Crippen LogP contribution in [0.25, 0.3) is 0 Å². The van der Waals surface area contributed by atoms with Gasteiger partial charge in [-0.1, -0.05) is 36.4 Å². The lowest BCUT2D eigenvalue weighted by Gasteiger charge is -2.31. The number of non-ortho nitro benzene ring substituents is 1. The lowest BCUT2D eigenvalue weighted by molar-refractivity contribution is -0.385. The van der Waals surface area contributed by atoms with Gasteiger partial charge in [-0.05, 0) is 18.1 Å². The van der Waals surface area contributed by atoms with Gasteiger partial charge in [-0.2, -0.15) is 13.2 Å². The van der Waals surface area contributed by atoms with E-state index < -0.39 is 49.4 Å². The Kier molecular flexibility index (Phi) is 5.59. The third-order valence-electron chi connectivity index (χ3n) is 3.91. The number of hydrogen-bond donors (Lipinski definition) is 2. The Morgan fingerprint density at radius 3 is 2.26 bits per heavy atom. The van der Waals surface area contributed by atoms with Crippen molar-refractivity contribution >= 4 is 15.7 Å². The molecule has 27 heavy (non-hydrogen) atoms. The van der Waals surface area contributed by atoms with Crippen molar-refractivity contribution in [2.75, 3.05) is 6.54 Å². The molecule has 2 aromatic rings.